The Labute approximate surface area is 160 Å². The Morgan fingerprint density at radius 2 is 2.15 bits per heavy atom. The van der Waals surface area contributed by atoms with E-state index in [-0.39, 0.29) is 29.8 Å². The minimum absolute atomic E-state index is 0.00341. The van der Waals surface area contributed by atoms with Gasteiger partial charge in [0.05, 0.1) is 11.6 Å². The van der Waals surface area contributed by atoms with Crippen molar-refractivity contribution in [3.05, 3.63) is 42.0 Å². The fraction of sp³-hybridized carbons (Fsp3) is 0.368. The Kier molecular flexibility index (Phi) is 4.73. The number of amides is 2. The molecule has 1 aromatic rings. The van der Waals surface area contributed by atoms with E-state index in [9.17, 15) is 14.4 Å². The van der Waals surface area contributed by atoms with E-state index in [1.807, 2.05) is 0 Å². The maximum atomic E-state index is 12.2. The topological polar surface area (TPSA) is 108 Å². The second-order valence-electron chi connectivity index (χ2n) is 7.02. The van der Waals surface area contributed by atoms with Gasteiger partial charge >= 0.3 is 5.97 Å². The molecule has 0 radical (unpaired) electrons. The highest BCUT2D eigenvalue weighted by molar-refractivity contribution is 8.15. The fourth-order valence-corrected chi connectivity index (χ4v) is 4.79. The first-order valence-corrected chi connectivity index (χ1v) is 9.73. The van der Waals surface area contributed by atoms with Crippen LogP contribution in [-0.4, -0.2) is 39.3 Å². The summed E-state index contributed by atoms with van der Waals surface area (Å²) in [6, 6.07) is 6.23. The number of thioether (sulfide) groups is 1. The number of allylic oxidation sites excluding steroid dienone is 1. The molecule has 4 atom stereocenters. The Morgan fingerprint density at radius 3 is 2.85 bits per heavy atom. The number of hydrogen-bond acceptors (Lipinski definition) is 5. The van der Waals surface area contributed by atoms with E-state index in [1.165, 1.54) is 23.9 Å². The molecule has 1 saturated carbocycles. The van der Waals surface area contributed by atoms with E-state index in [4.69, 9.17) is 5.11 Å². The largest absolute Gasteiger partial charge is 0.478 e. The predicted molar refractivity (Wildman–Crippen MR) is 103 cm³/mol. The Balaban J connectivity index is 1.35. The molecule has 4 rings (SSSR count). The molecular weight excluding hydrogens is 366 g/mol. The number of carboxylic acids is 1. The molecule has 4 unspecified atom stereocenters. The molecule has 1 aromatic carbocycles. The van der Waals surface area contributed by atoms with Crippen LogP contribution in [0.4, 0.5) is 5.69 Å². The van der Waals surface area contributed by atoms with Gasteiger partial charge in [-0.25, -0.2) is 4.79 Å². The second-order valence-corrected chi connectivity index (χ2v) is 8.21. The van der Waals surface area contributed by atoms with Crippen molar-refractivity contribution in [1.29, 1.82) is 0 Å². The van der Waals surface area contributed by atoms with E-state index < -0.39 is 11.2 Å². The average molecular weight is 385 g/mol. The lowest BCUT2D eigenvalue weighted by atomic mass is 10.0. The Morgan fingerprint density at radius 1 is 1.30 bits per heavy atom. The number of nitrogens with zero attached hydrogens (tertiary/aromatic N) is 1. The van der Waals surface area contributed by atoms with E-state index in [0.29, 0.717) is 22.7 Å². The van der Waals surface area contributed by atoms with Crippen molar-refractivity contribution in [2.24, 2.45) is 16.8 Å². The molecular formula is C19H19N3O4S. The van der Waals surface area contributed by atoms with Crippen molar-refractivity contribution in [2.45, 2.75) is 30.6 Å². The summed E-state index contributed by atoms with van der Waals surface area (Å²) in [7, 11) is 0. The third kappa shape index (κ3) is 3.90. The lowest BCUT2D eigenvalue weighted by Gasteiger charge is -2.13. The van der Waals surface area contributed by atoms with Crippen LogP contribution in [0.2, 0.25) is 0 Å². The van der Waals surface area contributed by atoms with Crippen LogP contribution >= 0.6 is 11.8 Å². The number of amidine groups is 1. The van der Waals surface area contributed by atoms with Gasteiger partial charge in [-0.15, -0.1) is 0 Å². The number of nitrogens with one attached hydrogen (secondary N) is 2. The highest BCUT2D eigenvalue weighted by Gasteiger charge is 2.38. The van der Waals surface area contributed by atoms with Crippen LogP contribution in [0.3, 0.4) is 0 Å². The Hall–Kier alpha value is -2.61. The molecule has 1 aliphatic heterocycles. The number of aromatic carboxylic acids is 1. The fourth-order valence-electron chi connectivity index (χ4n) is 3.76. The van der Waals surface area contributed by atoms with Crippen LogP contribution in [0.1, 0.15) is 29.6 Å². The summed E-state index contributed by atoms with van der Waals surface area (Å²) in [5.41, 5.74) is 0.487. The van der Waals surface area contributed by atoms with Gasteiger partial charge in [0.2, 0.25) is 11.8 Å². The standard InChI is InChI=1S/C19H19N3O4S/c23-16(20-13-3-1-2-12(8-13)18(25)26)9-15-17(24)22-19(27-15)21-14-7-10-4-5-11(14)6-10/h1-5,8,10-11,14-15H,6-7,9H2,(H,20,23)(H,25,26)(H,21,22,24). The predicted octanol–water partition coefficient (Wildman–Crippen LogP) is 2.27. The van der Waals surface area contributed by atoms with Crippen LogP contribution in [-0.2, 0) is 9.59 Å². The first kappa shape index (κ1) is 17.8. The number of fused-ring (bicyclic) bond motifs is 2. The molecule has 2 aliphatic carbocycles. The summed E-state index contributed by atoms with van der Waals surface area (Å²) in [5.74, 6) is -0.548. The van der Waals surface area contributed by atoms with Gasteiger partial charge < -0.3 is 15.7 Å². The van der Waals surface area contributed by atoms with Crippen LogP contribution in [0, 0.1) is 11.8 Å². The number of carbonyl (C=O) groups excluding carboxylic acids is 2. The van der Waals surface area contributed by atoms with Crippen LogP contribution < -0.4 is 10.6 Å². The van der Waals surface area contributed by atoms with Crippen molar-refractivity contribution in [3.63, 3.8) is 0 Å². The van der Waals surface area contributed by atoms with Gasteiger partial charge in [-0.05, 0) is 42.9 Å². The molecule has 3 aliphatic rings. The van der Waals surface area contributed by atoms with Gasteiger partial charge in [0, 0.05) is 12.1 Å². The van der Waals surface area contributed by atoms with Gasteiger partial charge in [0.1, 0.15) is 5.25 Å². The zero-order valence-electron chi connectivity index (χ0n) is 14.4. The summed E-state index contributed by atoms with van der Waals surface area (Å²) in [4.78, 5) is 40.1. The number of carboxylic acid groups (broad SMARTS) is 1. The van der Waals surface area contributed by atoms with E-state index >= 15 is 0 Å². The minimum Gasteiger partial charge on any atom is -0.478 e. The Bertz CT molecular complexity index is 866. The monoisotopic (exact) mass is 385 g/mol. The average Bonchev–Trinajstić information content (AvgIpc) is 3.32. The molecule has 2 bridgehead atoms. The zero-order valence-corrected chi connectivity index (χ0v) is 15.2. The van der Waals surface area contributed by atoms with Gasteiger partial charge in [-0.2, -0.15) is 0 Å². The minimum atomic E-state index is -1.06. The smallest absolute Gasteiger partial charge is 0.335 e. The zero-order chi connectivity index (χ0) is 19.0. The molecule has 1 saturated heterocycles. The SMILES string of the molecule is O=C(CC1SC(=NC2CC3C=CC2C3)NC1=O)Nc1cccc(C(=O)O)c1. The van der Waals surface area contributed by atoms with E-state index in [1.54, 1.807) is 12.1 Å². The highest BCUT2D eigenvalue weighted by atomic mass is 32.2. The number of benzene rings is 1. The van der Waals surface area contributed by atoms with Crippen molar-refractivity contribution < 1.29 is 19.5 Å². The van der Waals surface area contributed by atoms with Crippen molar-refractivity contribution in [1.82, 2.24) is 5.32 Å². The first-order chi connectivity index (χ1) is 13.0. The van der Waals surface area contributed by atoms with Crippen molar-refractivity contribution in [2.75, 3.05) is 5.32 Å². The third-order valence-corrected chi connectivity index (χ3v) is 6.16. The molecule has 2 fully saturated rings. The second kappa shape index (κ2) is 7.19. The third-order valence-electron chi connectivity index (χ3n) is 5.07. The number of aliphatic imine (C=N–C) groups is 1. The summed E-state index contributed by atoms with van der Waals surface area (Å²) < 4.78 is 0. The van der Waals surface area contributed by atoms with E-state index in [2.05, 4.69) is 27.8 Å². The molecule has 1 heterocycles. The summed E-state index contributed by atoms with van der Waals surface area (Å²) in [5, 5.41) is 14.5. The summed E-state index contributed by atoms with van der Waals surface area (Å²) in [6.45, 7) is 0. The first-order valence-electron chi connectivity index (χ1n) is 8.85. The molecule has 27 heavy (non-hydrogen) atoms. The number of anilines is 1. The molecule has 8 heteroatoms. The highest BCUT2D eigenvalue weighted by Crippen LogP contribution is 2.41. The lowest BCUT2D eigenvalue weighted by molar-refractivity contribution is -0.122. The quantitative estimate of drug-likeness (QED) is 0.674. The number of carbonyl (C=O) groups is 3. The molecule has 3 N–H and O–H groups in total. The maximum Gasteiger partial charge on any atom is 0.335 e. The summed E-state index contributed by atoms with van der Waals surface area (Å²) >= 11 is 1.29. The molecule has 0 aromatic heterocycles. The van der Waals surface area contributed by atoms with Gasteiger partial charge in [-0.3, -0.25) is 14.6 Å². The normalized spacial score (nSPS) is 29.9. The van der Waals surface area contributed by atoms with E-state index in [0.717, 1.165) is 12.8 Å². The van der Waals surface area contributed by atoms with Gasteiger partial charge in [0.15, 0.2) is 5.17 Å². The molecule has 140 valence electrons. The number of hydrogen-bond donors (Lipinski definition) is 3. The summed E-state index contributed by atoms with van der Waals surface area (Å²) in [6.07, 6.45) is 6.62. The maximum absolute atomic E-state index is 12.2. The van der Waals surface area contributed by atoms with Crippen molar-refractivity contribution >= 4 is 40.4 Å². The van der Waals surface area contributed by atoms with Crippen LogP contribution in [0.15, 0.2) is 41.4 Å². The molecule has 0 spiro atoms. The molecule has 2 amide bonds. The lowest BCUT2D eigenvalue weighted by Crippen LogP contribution is -2.28. The van der Waals surface area contributed by atoms with Crippen LogP contribution in [0.25, 0.3) is 0 Å². The van der Waals surface area contributed by atoms with Gasteiger partial charge in [-0.1, -0.05) is 30.0 Å². The van der Waals surface area contributed by atoms with Gasteiger partial charge in [0.25, 0.3) is 0 Å². The van der Waals surface area contributed by atoms with Crippen molar-refractivity contribution in [3.8, 4) is 0 Å². The number of rotatable bonds is 5. The van der Waals surface area contributed by atoms with Crippen LogP contribution in [0.5, 0.6) is 0 Å². The molecule has 7 nitrogen and oxygen atoms in total.